The van der Waals surface area contributed by atoms with Crippen LogP contribution in [-0.2, 0) is 6.54 Å². The van der Waals surface area contributed by atoms with Gasteiger partial charge in [0.1, 0.15) is 5.56 Å². The van der Waals surface area contributed by atoms with Crippen LogP contribution in [0.25, 0.3) is 11.3 Å². The predicted molar refractivity (Wildman–Crippen MR) is 73.8 cm³/mol. The molecule has 0 amide bonds. The van der Waals surface area contributed by atoms with Crippen LogP contribution >= 0.6 is 11.6 Å². The first-order valence-corrected chi connectivity index (χ1v) is 6.14. The van der Waals surface area contributed by atoms with Crippen molar-refractivity contribution >= 4 is 17.6 Å². The van der Waals surface area contributed by atoms with E-state index in [0.29, 0.717) is 17.3 Å². The number of benzene rings is 1. The smallest absolute Gasteiger partial charge is 0.341 e. The molecule has 0 saturated heterocycles. The van der Waals surface area contributed by atoms with E-state index in [1.165, 1.54) is 12.3 Å². The third kappa shape index (κ3) is 2.69. The lowest BCUT2D eigenvalue weighted by molar-refractivity contribution is 0.0694. The summed E-state index contributed by atoms with van der Waals surface area (Å²) in [7, 11) is 0. The Bertz CT molecular complexity index is 674. The van der Waals surface area contributed by atoms with Gasteiger partial charge in [0.2, 0.25) is 0 Å². The Balaban J connectivity index is 2.63. The molecule has 98 valence electrons. The summed E-state index contributed by atoms with van der Waals surface area (Å²) in [5.74, 6) is -1.21. The SMILES string of the molecule is CCn1cc(C(=O)O)c(=O)cc1-c1ccc(Cl)cc1. The van der Waals surface area contributed by atoms with Crippen LogP contribution in [0.4, 0.5) is 0 Å². The second-order valence-electron chi connectivity index (χ2n) is 4.03. The number of nitrogens with zero attached hydrogens (tertiary/aromatic N) is 1. The first-order valence-electron chi connectivity index (χ1n) is 5.76. The van der Waals surface area contributed by atoms with Crippen LogP contribution in [-0.4, -0.2) is 15.6 Å². The highest BCUT2D eigenvalue weighted by atomic mass is 35.5. The number of aromatic nitrogens is 1. The molecule has 0 atom stereocenters. The number of aromatic carboxylic acids is 1. The van der Waals surface area contributed by atoms with Crippen molar-refractivity contribution in [3.63, 3.8) is 0 Å². The first kappa shape index (κ1) is 13.4. The van der Waals surface area contributed by atoms with Crippen molar-refractivity contribution in [2.24, 2.45) is 0 Å². The molecule has 1 heterocycles. The fraction of sp³-hybridized carbons (Fsp3) is 0.143. The lowest BCUT2D eigenvalue weighted by atomic mass is 10.1. The summed E-state index contributed by atoms with van der Waals surface area (Å²) in [6.07, 6.45) is 1.37. The molecule has 1 aromatic heterocycles. The van der Waals surface area contributed by atoms with Gasteiger partial charge >= 0.3 is 5.97 Å². The Morgan fingerprint density at radius 1 is 1.32 bits per heavy atom. The molecule has 0 fully saturated rings. The zero-order chi connectivity index (χ0) is 14.0. The van der Waals surface area contributed by atoms with Crippen LogP contribution in [0.1, 0.15) is 17.3 Å². The Morgan fingerprint density at radius 3 is 2.47 bits per heavy atom. The molecule has 1 aromatic carbocycles. The molecule has 19 heavy (non-hydrogen) atoms. The van der Waals surface area contributed by atoms with Crippen molar-refractivity contribution in [1.29, 1.82) is 0 Å². The van der Waals surface area contributed by atoms with Gasteiger partial charge in [-0.25, -0.2) is 4.79 Å². The summed E-state index contributed by atoms with van der Waals surface area (Å²) in [4.78, 5) is 22.7. The first-order chi connectivity index (χ1) is 9.02. The Morgan fingerprint density at radius 2 is 1.95 bits per heavy atom. The summed E-state index contributed by atoms with van der Waals surface area (Å²) in [6, 6.07) is 8.39. The summed E-state index contributed by atoms with van der Waals surface area (Å²) in [5, 5.41) is 9.56. The Kier molecular flexibility index (Phi) is 3.71. The average Bonchev–Trinajstić information content (AvgIpc) is 2.39. The maximum atomic E-state index is 11.8. The van der Waals surface area contributed by atoms with E-state index in [0.717, 1.165) is 5.56 Å². The minimum atomic E-state index is -1.21. The number of rotatable bonds is 3. The highest BCUT2D eigenvalue weighted by Gasteiger charge is 2.12. The van der Waals surface area contributed by atoms with Crippen LogP contribution < -0.4 is 5.43 Å². The molecular formula is C14H12ClNO3. The molecule has 0 aliphatic heterocycles. The van der Waals surface area contributed by atoms with Gasteiger partial charge in [0.15, 0.2) is 5.43 Å². The zero-order valence-electron chi connectivity index (χ0n) is 10.3. The molecule has 0 radical (unpaired) electrons. The maximum absolute atomic E-state index is 11.8. The average molecular weight is 278 g/mol. The van der Waals surface area contributed by atoms with E-state index < -0.39 is 11.4 Å². The highest BCUT2D eigenvalue weighted by Crippen LogP contribution is 2.21. The monoisotopic (exact) mass is 277 g/mol. The number of carboxylic acid groups (broad SMARTS) is 1. The zero-order valence-corrected chi connectivity index (χ0v) is 11.0. The number of hydrogen-bond acceptors (Lipinski definition) is 2. The van der Waals surface area contributed by atoms with Crippen molar-refractivity contribution < 1.29 is 9.90 Å². The molecular weight excluding hydrogens is 266 g/mol. The number of carboxylic acids is 1. The Hall–Kier alpha value is -2.07. The minimum absolute atomic E-state index is 0.223. The van der Waals surface area contributed by atoms with Gasteiger partial charge in [0, 0.05) is 23.8 Å². The second kappa shape index (κ2) is 5.28. The van der Waals surface area contributed by atoms with E-state index in [9.17, 15) is 9.59 Å². The van der Waals surface area contributed by atoms with E-state index in [-0.39, 0.29) is 5.56 Å². The van der Waals surface area contributed by atoms with Gasteiger partial charge in [-0.1, -0.05) is 23.7 Å². The van der Waals surface area contributed by atoms with Crippen molar-refractivity contribution in [2.45, 2.75) is 13.5 Å². The number of aryl methyl sites for hydroxylation is 1. The number of halogens is 1. The second-order valence-corrected chi connectivity index (χ2v) is 4.47. The largest absolute Gasteiger partial charge is 0.477 e. The van der Waals surface area contributed by atoms with Gasteiger partial charge in [-0.3, -0.25) is 4.79 Å². The van der Waals surface area contributed by atoms with E-state index >= 15 is 0 Å². The fourth-order valence-corrected chi connectivity index (χ4v) is 1.99. The van der Waals surface area contributed by atoms with E-state index in [4.69, 9.17) is 16.7 Å². The highest BCUT2D eigenvalue weighted by molar-refractivity contribution is 6.30. The molecule has 0 aliphatic carbocycles. The van der Waals surface area contributed by atoms with Gasteiger partial charge < -0.3 is 9.67 Å². The van der Waals surface area contributed by atoms with Crippen LogP contribution in [0, 0.1) is 0 Å². The summed E-state index contributed by atoms with van der Waals surface area (Å²) in [6.45, 7) is 2.45. The number of hydrogen-bond donors (Lipinski definition) is 1. The standard InChI is InChI=1S/C14H12ClNO3/c1-2-16-8-11(14(18)19)13(17)7-12(16)9-3-5-10(15)6-4-9/h3-8H,2H2,1H3,(H,18,19). The van der Waals surface area contributed by atoms with Gasteiger partial charge in [-0.05, 0) is 24.6 Å². The quantitative estimate of drug-likeness (QED) is 0.938. The number of carbonyl (C=O) groups is 1. The normalized spacial score (nSPS) is 10.4. The summed E-state index contributed by atoms with van der Waals surface area (Å²) >= 11 is 5.82. The minimum Gasteiger partial charge on any atom is -0.477 e. The molecule has 0 unspecified atom stereocenters. The maximum Gasteiger partial charge on any atom is 0.341 e. The van der Waals surface area contributed by atoms with Gasteiger partial charge in [-0.15, -0.1) is 0 Å². The molecule has 0 aliphatic rings. The van der Waals surface area contributed by atoms with Crippen LogP contribution in [0.15, 0.2) is 41.3 Å². The predicted octanol–water partition coefficient (Wildman–Crippen LogP) is 2.89. The van der Waals surface area contributed by atoms with Gasteiger partial charge in [0.25, 0.3) is 0 Å². The molecule has 1 N–H and O–H groups in total. The van der Waals surface area contributed by atoms with Crippen LogP contribution in [0.2, 0.25) is 5.02 Å². The lowest BCUT2D eigenvalue weighted by Crippen LogP contribution is -2.18. The number of pyridine rings is 1. The molecule has 4 nitrogen and oxygen atoms in total. The molecule has 0 saturated carbocycles. The fourth-order valence-electron chi connectivity index (χ4n) is 1.87. The molecule has 2 aromatic rings. The summed E-state index contributed by atoms with van der Waals surface area (Å²) < 4.78 is 1.73. The van der Waals surface area contributed by atoms with E-state index in [1.807, 2.05) is 6.92 Å². The van der Waals surface area contributed by atoms with Gasteiger partial charge in [-0.2, -0.15) is 0 Å². The molecule has 0 spiro atoms. The van der Waals surface area contributed by atoms with Gasteiger partial charge in [0.05, 0.1) is 5.69 Å². The topological polar surface area (TPSA) is 59.3 Å². The molecule has 2 rings (SSSR count). The Labute approximate surface area is 114 Å². The summed E-state index contributed by atoms with van der Waals surface area (Å²) in [5.41, 5.74) is 0.774. The molecule has 0 bridgehead atoms. The van der Waals surface area contributed by atoms with Crippen molar-refractivity contribution in [1.82, 2.24) is 4.57 Å². The third-order valence-corrected chi connectivity index (χ3v) is 3.09. The lowest BCUT2D eigenvalue weighted by Gasteiger charge is -2.12. The van der Waals surface area contributed by atoms with E-state index in [1.54, 1.807) is 28.8 Å². The van der Waals surface area contributed by atoms with Crippen molar-refractivity contribution in [2.75, 3.05) is 0 Å². The third-order valence-electron chi connectivity index (χ3n) is 2.84. The van der Waals surface area contributed by atoms with Crippen LogP contribution in [0.5, 0.6) is 0 Å². The van der Waals surface area contributed by atoms with Crippen molar-refractivity contribution in [3.05, 3.63) is 57.3 Å². The van der Waals surface area contributed by atoms with E-state index in [2.05, 4.69) is 0 Å². The molecule has 5 heteroatoms. The van der Waals surface area contributed by atoms with Crippen LogP contribution in [0.3, 0.4) is 0 Å². The van der Waals surface area contributed by atoms with Crippen molar-refractivity contribution in [3.8, 4) is 11.3 Å².